The summed E-state index contributed by atoms with van der Waals surface area (Å²) in [7, 11) is 1.69. The van der Waals surface area contributed by atoms with Gasteiger partial charge in [-0.3, -0.25) is 9.69 Å². The first-order valence-electron chi connectivity index (χ1n) is 8.58. The zero-order chi connectivity index (χ0) is 15.8. The minimum atomic E-state index is 0.178. The van der Waals surface area contributed by atoms with Crippen LogP contribution in [0.3, 0.4) is 0 Å². The smallest absolute Gasteiger partial charge is 0.226 e. The van der Waals surface area contributed by atoms with Crippen molar-refractivity contribution in [3.63, 3.8) is 0 Å². The Bertz CT molecular complexity index is 620. The maximum absolute atomic E-state index is 12.8. The van der Waals surface area contributed by atoms with E-state index in [1.54, 1.807) is 7.11 Å². The fourth-order valence-electron chi connectivity index (χ4n) is 3.98. The number of carbonyl (C=O) groups is 1. The Hall–Kier alpha value is -1.81. The highest BCUT2D eigenvalue weighted by Gasteiger charge is 2.47. The third-order valence-corrected chi connectivity index (χ3v) is 5.47. The van der Waals surface area contributed by atoms with E-state index < -0.39 is 0 Å². The number of rotatable bonds is 4. The van der Waals surface area contributed by atoms with Crippen LogP contribution in [0.1, 0.15) is 24.3 Å². The maximum Gasteiger partial charge on any atom is 0.226 e. The van der Waals surface area contributed by atoms with Crippen molar-refractivity contribution in [3.05, 3.63) is 42.0 Å². The summed E-state index contributed by atoms with van der Waals surface area (Å²) < 4.78 is 5.29. The predicted octanol–water partition coefficient (Wildman–Crippen LogP) is 2.27. The Morgan fingerprint density at radius 1 is 1.26 bits per heavy atom. The van der Waals surface area contributed by atoms with Gasteiger partial charge in [-0.05, 0) is 36.5 Å². The molecule has 0 aromatic heterocycles. The third kappa shape index (κ3) is 2.88. The topological polar surface area (TPSA) is 32.8 Å². The van der Waals surface area contributed by atoms with E-state index >= 15 is 0 Å². The van der Waals surface area contributed by atoms with Crippen molar-refractivity contribution in [2.75, 3.05) is 33.3 Å². The molecule has 1 amide bonds. The van der Waals surface area contributed by atoms with Crippen LogP contribution in [0.4, 0.5) is 0 Å². The lowest BCUT2D eigenvalue weighted by Gasteiger charge is -2.23. The summed E-state index contributed by atoms with van der Waals surface area (Å²) in [5.41, 5.74) is 1.24. The zero-order valence-corrected chi connectivity index (χ0v) is 13.6. The molecule has 3 aliphatic rings. The Labute approximate surface area is 137 Å². The molecule has 4 rings (SSSR count). The van der Waals surface area contributed by atoms with Gasteiger partial charge < -0.3 is 9.64 Å². The van der Waals surface area contributed by atoms with E-state index in [1.807, 2.05) is 12.1 Å². The van der Waals surface area contributed by atoms with Crippen LogP contribution < -0.4 is 4.74 Å². The van der Waals surface area contributed by atoms with Crippen LogP contribution in [0.15, 0.2) is 36.4 Å². The molecule has 0 radical (unpaired) electrons. The summed E-state index contributed by atoms with van der Waals surface area (Å²) in [5.74, 6) is 1.79. The van der Waals surface area contributed by atoms with E-state index in [9.17, 15) is 4.79 Å². The molecule has 0 spiro atoms. The average molecular weight is 312 g/mol. The van der Waals surface area contributed by atoms with Gasteiger partial charge in [-0.1, -0.05) is 24.3 Å². The zero-order valence-electron chi connectivity index (χ0n) is 13.6. The lowest BCUT2D eigenvalue weighted by molar-refractivity contribution is -0.131. The van der Waals surface area contributed by atoms with E-state index in [2.05, 4.69) is 34.1 Å². The van der Waals surface area contributed by atoms with E-state index in [0.717, 1.165) is 44.8 Å². The minimum absolute atomic E-state index is 0.178. The van der Waals surface area contributed by atoms with Gasteiger partial charge in [0.05, 0.1) is 7.11 Å². The predicted molar refractivity (Wildman–Crippen MR) is 89.5 cm³/mol. The van der Waals surface area contributed by atoms with Gasteiger partial charge >= 0.3 is 0 Å². The molecule has 2 aliphatic heterocycles. The van der Waals surface area contributed by atoms with E-state index in [0.29, 0.717) is 17.9 Å². The second-order valence-electron chi connectivity index (χ2n) is 6.88. The molecule has 0 unspecified atom stereocenters. The number of carbonyl (C=O) groups excluding carboxylic acids is 1. The molecular weight excluding hydrogens is 288 g/mol. The fraction of sp³-hybridized carbons (Fsp3) is 0.526. The number of methoxy groups -OCH3 is 1. The summed E-state index contributed by atoms with van der Waals surface area (Å²) in [5, 5.41) is 0. The first-order chi connectivity index (χ1) is 11.3. The molecule has 1 saturated carbocycles. The average Bonchev–Trinajstić information content (AvgIpc) is 3.00. The number of likely N-dealkylation sites (tertiary alicyclic amines) is 1. The largest absolute Gasteiger partial charge is 0.497 e. The van der Waals surface area contributed by atoms with Gasteiger partial charge in [-0.2, -0.15) is 0 Å². The molecule has 2 fully saturated rings. The van der Waals surface area contributed by atoms with Crippen LogP contribution in [-0.2, 0) is 4.79 Å². The van der Waals surface area contributed by atoms with Crippen molar-refractivity contribution in [1.82, 2.24) is 9.80 Å². The monoisotopic (exact) mass is 312 g/mol. The highest BCUT2D eigenvalue weighted by atomic mass is 16.5. The summed E-state index contributed by atoms with van der Waals surface area (Å²) in [6, 6.07) is 8.70. The second-order valence-corrected chi connectivity index (χ2v) is 6.88. The molecule has 23 heavy (non-hydrogen) atoms. The molecule has 1 aromatic rings. The Morgan fingerprint density at radius 2 is 2.09 bits per heavy atom. The molecule has 122 valence electrons. The second kappa shape index (κ2) is 6.00. The minimum Gasteiger partial charge on any atom is -0.497 e. The Morgan fingerprint density at radius 3 is 2.87 bits per heavy atom. The maximum atomic E-state index is 12.8. The number of hydrogen-bond donors (Lipinski definition) is 0. The Kier molecular flexibility index (Phi) is 3.85. The van der Waals surface area contributed by atoms with Crippen molar-refractivity contribution in [1.29, 1.82) is 0 Å². The van der Waals surface area contributed by atoms with Crippen molar-refractivity contribution in [3.8, 4) is 5.75 Å². The highest BCUT2D eigenvalue weighted by Crippen LogP contribution is 2.49. The summed E-state index contributed by atoms with van der Waals surface area (Å²) >= 11 is 0. The molecule has 1 saturated heterocycles. The first-order valence-corrected chi connectivity index (χ1v) is 8.58. The quantitative estimate of drug-likeness (QED) is 0.800. The van der Waals surface area contributed by atoms with Crippen molar-refractivity contribution in [2.45, 2.75) is 24.8 Å². The van der Waals surface area contributed by atoms with E-state index in [-0.39, 0.29) is 5.92 Å². The van der Waals surface area contributed by atoms with E-state index in [1.165, 1.54) is 5.56 Å². The molecule has 0 bridgehead atoms. The number of ether oxygens (including phenoxy) is 1. The van der Waals surface area contributed by atoms with Gasteiger partial charge in [0.2, 0.25) is 5.91 Å². The molecule has 1 aromatic carbocycles. The van der Waals surface area contributed by atoms with Crippen LogP contribution in [0.2, 0.25) is 0 Å². The molecule has 4 nitrogen and oxygen atoms in total. The van der Waals surface area contributed by atoms with Crippen molar-refractivity contribution < 1.29 is 9.53 Å². The summed E-state index contributed by atoms with van der Waals surface area (Å²) in [6.07, 6.45) is 6.55. The molecule has 2 heterocycles. The van der Waals surface area contributed by atoms with Crippen LogP contribution in [-0.4, -0.2) is 55.0 Å². The standard InChI is InChI=1S/C19H24N2O2/c1-23-16-6-4-5-14(11-16)17-12-18(17)19(22)21-10-7-15(13-21)20-8-2-3-9-20/h2-6,11,15,17-18H,7-10,12-13H2,1H3/t15-,17-,18+/m0/s1. The van der Waals surface area contributed by atoms with Gasteiger partial charge in [0.25, 0.3) is 0 Å². The van der Waals surface area contributed by atoms with Gasteiger partial charge in [0, 0.05) is 38.1 Å². The van der Waals surface area contributed by atoms with Gasteiger partial charge in [0.1, 0.15) is 5.75 Å². The number of amides is 1. The van der Waals surface area contributed by atoms with Gasteiger partial charge in [0.15, 0.2) is 0 Å². The van der Waals surface area contributed by atoms with Crippen molar-refractivity contribution in [2.24, 2.45) is 5.92 Å². The molecule has 1 aliphatic carbocycles. The molecule has 4 heteroatoms. The molecule has 0 N–H and O–H groups in total. The lowest BCUT2D eigenvalue weighted by atomic mass is 10.1. The summed E-state index contributed by atoms with van der Waals surface area (Å²) in [4.78, 5) is 17.3. The van der Waals surface area contributed by atoms with Crippen LogP contribution in [0, 0.1) is 5.92 Å². The van der Waals surface area contributed by atoms with Crippen molar-refractivity contribution >= 4 is 5.91 Å². The highest BCUT2D eigenvalue weighted by molar-refractivity contribution is 5.83. The summed E-state index contributed by atoms with van der Waals surface area (Å²) in [6.45, 7) is 3.91. The number of benzene rings is 1. The first kappa shape index (κ1) is 14.8. The number of nitrogens with zero attached hydrogens (tertiary/aromatic N) is 2. The number of hydrogen-bond acceptors (Lipinski definition) is 3. The molecule has 3 atom stereocenters. The van der Waals surface area contributed by atoms with Gasteiger partial charge in [-0.25, -0.2) is 0 Å². The third-order valence-electron chi connectivity index (χ3n) is 5.47. The van der Waals surface area contributed by atoms with Crippen LogP contribution >= 0.6 is 0 Å². The normalized spacial score (nSPS) is 30.0. The van der Waals surface area contributed by atoms with Crippen LogP contribution in [0.5, 0.6) is 5.75 Å². The lowest BCUT2D eigenvalue weighted by Crippen LogP contribution is -2.38. The van der Waals surface area contributed by atoms with Gasteiger partial charge in [-0.15, -0.1) is 0 Å². The molecular formula is C19H24N2O2. The fourth-order valence-corrected chi connectivity index (χ4v) is 3.98. The van der Waals surface area contributed by atoms with Crippen LogP contribution in [0.25, 0.3) is 0 Å². The van der Waals surface area contributed by atoms with E-state index in [4.69, 9.17) is 4.74 Å². The Balaban J connectivity index is 1.35. The SMILES string of the molecule is COc1cccc([C@@H]2C[C@H]2C(=O)N2CC[C@H](N3CC=CC3)C2)c1.